The highest BCUT2D eigenvalue weighted by Crippen LogP contribution is 2.25. The SMILES string of the molecule is CCOCCOc1cc(C)ccc1CNC(=O)C1CCC(N)C1. The van der Waals surface area contributed by atoms with Gasteiger partial charge in [-0.05, 0) is 44.7 Å². The molecule has 1 aromatic rings. The topological polar surface area (TPSA) is 73.6 Å². The zero-order valence-corrected chi connectivity index (χ0v) is 14.1. The van der Waals surface area contributed by atoms with Crippen LogP contribution in [-0.4, -0.2) is 31.8 Å². The Morgan fingerprint density at radius 1 is 1.35 bits per heavy atom. The van der Waals surface area contributed by atoms with Crippen molar-refractivity contribution in [2.24, 2.45) is 11.7 Å². The normalized spacial score (nSPS) is 20.5. The number of benzene rings is 1. The summed E-state index contributed by atoms with van der Waals surface area (Å²) < 4.78 is 11.1. The number of hydrogen-bond donors (Lipinski definition) is 2. The standard InChI is InChI=1S/C18H28N2O3/c1-3-22-8-9-23-17-10-13(2)4-5-15(17)12-20-18(21)14-6-7-16(19)11-14/h4-5,10,14,16H,3,6-9,11-12,19H2,1-2H3,(H,20,21). The average molecular weight is 320 g/mol. The zero-order chi connectivity index (χ0) is 16.7. The molecule has 1 aliphatic rings. The molecule has 0 bridgehead atoms. The van der Waals surface area contributed by atoms with Crippen LogP contribution in [-0.2, 0) is 16.1 Å². The van der Waals surface area contributed by atoms with Crippen LogP contribution in [0, 0.1) is 12.8 Å². The van der Waals surface area contributed by atoms with Gasteiger partial charge in [0.25, 0.3) is 0 Å². The van der Waals surface area contributed by atoms with Crippen molar-refractivity contribution < 1.29 is 14.3 Å². The first-order valence-corrected chi connectivity index (χ1v) is 8.43. The maximum Gasteiger partial charge on any atom is 0.223 e. The number of carbonyl (C=O) groups is 1. The van der Waals surface area contributed by atoms with Gasteiger partial charge in [-0.3, -0.25) is 4.79 Å². The fourth-order valence-corrected chi connectivity index (χ4v) is 2.88. The molecule has 1 saturated carbocycles. The number of nitrogens with two attached hydrogens (primary N) is 1. The second-order valence-corrected chi connectivity index (χ2v) is 6.14. The summed E-state index contributed by atoms with van der Waals surface area (Å²) in [5.74, 6) is 0.963. The molecule has 5 heteroatoms. The molecule has 128 valence electrons. The van der Waals surface area contributed by atoms with Crippen LogP contribution in [0.4, 0.5) is 0 Å². The van der Waals surface area contributed by atoms with E-state index in [2.05, 4.69) is 5.32 Å². The van der Waals surface area contributed by atoms with Gasteiger partial charge in [-0.1, -0.05) is 12.1 Å². The molecule has 0 radical (unpaired) electrons. The summed E-state index contributed by atoms with van der Waals surface area (Å²) in [7, 11) is 0. The van der Waals surface area contributed by atoms with Crippen molar-refractivity contribution in [2.45, 2.75) is 45.7 Å². The molecule has 1 aliphatic carbocycles. The summed E-state index contributed by atoms with van der Waals surface area (Å²) >= 11 is 0. The predicted octanol–water partition coefficient (Wildman–Crippen LogP) is 2.15. The molecule has 0 aromatic heterocycles. The van der Waals surface area contributed by atoms with Crippen LogP contribution in [0.15, 0.2) is 18.2 Å². The van der Waals surface area contributed by atoms with E-state index in [4.69, 9.17) is 15.2 Å². The molecule has 0 spiro atoms. The molecule has 5 nitrogen and oxygen atoms in total. The minimum Gasteiger partial charge on any atom is -0.491 e. The summed E-state index contributed by atoms with van der Waals surface area (Å²) in [6, 6.07) is 6.20. The van der Waals surface area contributed by atoms with Crippen molar-refractivity contribution in [3.8, 4) is 5.75 Å². The minimum atomic E-state index is 0.0535. The number of aryl methyl sites for hydroxylation is 1. The Morgan fingerprint density at radius 2 is 2.17 bits per heavy atom. The van der Waals surface area contributed by atoms with Gasteiger partial charge in [0.15, 0.2) is 0 Å². The zero-order valence-electron chi connectivity index (χ0n) is 14.1. The van der Waals surface area contributed by atoms with E-state index in [1.165, 1.54) is 0 Å². The number of amides is 1. The second kappa shape index (κ2) is 8.89. The van der Waals surface area contributed by atoms with Gasteiger partial charge in [-0.2, -0.15) is 0 Å². The van der Waals surface area contributed by atoms with Crippen molar-refractivity contribution >= 4 is 5.91 Å². The van der Waals surface area contributed by atoms with E-state index in [1.807, 2.05) is 32.0 Å². The van der Waals surface area contributed by atoms with Crippen LogP contribution in [0.3, 0.4) is 0 Å². The molecule has 2 rings (SSSR count). The van der Waals surface area contributed by atoms with E-state index in [9.17, 15) is 4.79 Å². The molecule has 3 N–H and O–H groups in total. The molecule has 23 heavy (non-hydrogen) atoms. The lowest BCUT2D eigenvalue weighted by atomic mass is 10.1. The highest BCUT2D eigenvalue weighted by Gasteiger charge is 2.27. The van der Waals surface area contributed by atoms with E-state index < -0.39 is 0 Å². The van der Waals surface area contributed by atoms with Crippen LogP contribution in [0.2, 0.25) is 0 Å². The minimum absolute atomic E-state index is 0.0535. The molecule has 0 saturated heterocycles. The Bertz CT molecular complexity index is 519. The Kier molecular flexibility index (Phi) is 6.86. The first-order chi connectivity index (χ1) is 11.1. The number of ether oxygens (including phenoxy) is 2. The van der Waals surface area contributed by atoms with Crippen molar-refractivity contribution in [3.05, 3.63) is 29.3 Å². The van der Waals surface area contributed by atoms with Gasteiger partial charge in [-0.15, -0.1) is 0 Å². The Labute approximate surface area is 138 Å². The Balaban J connectivity index is 1.89. The van der Waals surface area contributed by atoms with E-state index in [1.54, 1.807) is 0 Å². The summed E-state index contributed by atoms with van der Waals surface area (Å²) in [4.78, 5) is 12.2. The van der Waals surface area contributed by atoms with E-state index in [-0.39, 0.29) is 17.9 Å². The highest BCUT2D eigenvalue weighted by molar-refractivity contribution is 5.79. The third-order valence-electron chi connectivity index (χ3n) is 4.21. The molecular formula is C18H28N2O3. The van der Waals surface area contributed by atoms with Gasteiger partial charge in [0.05, 0.1) is 6.61 Å². The molecule has 1 aromatic carbocycles. The maximum atomic E-state index is 12.2. The molecule has 0 heterocycles. The fourth-order valence-electron chi connectivity index (χ4n) is 2.88. The van der Waals surface area contributed by atoms with Gasteiger partial charge < -0.3 is 20.5 Å². The van der Waals surface area contributed by atoms with Gasteiger partial charge in [0.1, 0.15) is 12.4 Å². The van der Waals surface area contributed by atoms with Crippen molar-refractivity contribution in [1.29, 1.82) is 0 Å². The lowest BCUT2D eigenvalue weighted by molar-refractivity contribution is -0.125. The lowest BCUT2D eigenvalue weighted by Gasteiger charge is -2.15. The Hall–Kier alpha value is -1.59. The summed E-state index contributed by atoms with van der Waals surface area (Å²) in [5, 5.41) is 3.02. The van der Waals surface area contributed by atoms with Crippen molar-refractivity contribution in [3.63, 3.8) is 0 Å². The summed E-state index contributed by atoms with van der Waals surface area (Å²) in [6.45, 7) is 6.23. The van der Waals surface area contributed by atoms with Gasteiger partial charge in [0.2, 0.25) is 5.91 Å². The third kappa shape index (κ3) is 5.52. The van der Waals surface area contributed by atoms with Crippen LogP contribution >= 0.6 is 0 Å². The third-order valence-corrected chi connectivity index (χ3v) is 4.21. The largest absolute Gasteiger partial charge is 0.491 e. The average Bonchev–Trinajstić information content (AvgIpc) is 2.97. The fraction of sp³-hybridized carbons (Fsp3) is 0.611. The number of nitrogens with one attached hydrogen (secondary N) is 1. The monoisotopic (exact) mass is 320 g/mol. The second-order valence-electron chi connectivity index (χ2n) is 6.14. The molecule has 1 amide bonds. The summed E-state index contributed by atoms with van der Waals surface area (Å²) in [6.07, 6.45) is 2.62. The van der Waals surface area contributed by atoms with Crippen LogP contribution in [0.5, 0.6) is 5.75 Å². The van der Waals surface area contributed by atoms with Crippen molar-refractivity contribution in [1.82, 2.24) is 5.32 Å². The Morgan fingerprint density at radius 3 is 2.87 bits per heavy atom. The number of carbonyl (C=O) groups excluding carboxylic acids is 1. The molecule has 1 fully saturated rings. The van der Waals surface area contributed by atoms with Crippen molar-refractivity contribution in [2.75, 3.05) is 19.8 Å². The molecular weight excluding hydrogens is 292 g/mol. The molecule has 2 atom stereocenters. The smallest absolute Gasteiger partial charge is 0.223 e. The predicted molar refractivity (Wildman–Crippen MR) is 90.3 cm³/mol. The lowest BCUT2D eigenvalue weighted by Crippen LogP contribution is -2.30. The molecule has 0 aliphatic heterocycles. The first-order valence-electron chi connectivity index (χ1n) is 8.43. The van der Waals surface area contributed by atoms with Crippen LogP contribution in [0.25, 0.3) is 0 Å². The van der Waals surface area contributed by atoms with E-state index in [0.717, 1.165) is 36.1 Å². The van der Waals surface area contributed by atoms with Gasteiger partial charge in [0, 0.05) is 30.7 Å². The van der Waals surface area contributed by atoms with Crippen LogP contribution < -0.4 is 15.8 Å². The van der Waals surface area contributed by atoms with E-state index in [0.29, 0.717) is 26.4 Å². The number of hydrogen-bond acceptors (Lipinski definition) is 4. The first kappa shape index (κ1) is 17.8. The van der Waals surface area contributed by atoms with Crippen LogP contribution in [0.1, 0.15) is 37.3 Å². The molecule has 2 unspecified atom stereocenters. The quantitative estimate of drug-likeness (QED) is 0.720. The van der Waals surface area contributed by atoms with Gasteiger partial charge in [-0.25, -0.2) is 0 Å². The maximum absolute atomic E-state index is 12.2. The van der Waals surface area contributed by atoms with Gasteiger partial charge >= 0.3 is 0 Å². The number of rotatable bonds is 8. The summed E-state index contributed by atoms with van der Waals surface area (Å²) in [5.41, 5.74) is 8.00. The highest BCUT2D eigenvalue weighted by atomic mass is 16.5. The van der Waals surface area contributed by atoms with E-state index >= 15 is 0 Å².